The maximum Gasteiger partial charge on any atom is 0.126 e. The predicted molar refractivity (Wildman–Crippen MR) is 93.5 cm³/mol. The van der Waals surface area contributed by atoms with Crippen LogP contribution in [0.25, 0.3) is 20.4 Å². The first-order chi connectivity index (χ1) is 10.6. The highest BCUT2D eigenvalue weighted by atomic mass is 32.1. The minimum atomic E-state index is 0.625. The van der Waals surface area contributed by atoms with Gasteiger partial charge in [0.15, 0.2) is 0 Å². The lowest BCUT2D eigenvalue weighted by molar-refractivity contribution is 0.615. The Balaban J connectivity index is 2.09. The molecule has 3 heterocycles. The summed E-state index contributed by atoms with van der Waals surface area (Å²) in [4.78, 5) is 14.8. The second kappa shape index (κ2) is 5.39. The summed E-state index contributed by atoms with van der Waals surface area (Å²) in [6, 6.07) is 0. The molecule has 0 N–H and O–H groups in total. The summed E-state index contributed by atoms with van der Waals surface area (Å²) in [5, 5.41) is 1.90. The van der Waals surface area contributed by atoms with Gasteiger partial charge in [0.1, 0.15) is 11.2 Å². The third-order valence-electron chi connectivity index (χ3n) is 4.38. The summed E-state index contributed by atoms with van der Waals surface area (Å²) in [6.45, 7) is 4.53. The first-order valence-electron chi connectivity index (χ1n) is 7.90. The smallest absolute Gasteiger partial charge is 0.126 e. The van der Waals surface area contributed by atoms with Crippen LogP contribution in [0.15, 0.2) is 11.4 Å². The molecular formula is C17H18N3S2-. The van der Waals surface area contributed by atoms with Crippen molar-refractivity contribution in [2.45, 2.75) is 51.0 Å². The predicted octanol–water partition coefficient (Wildman–Crippen LogP) is 4.22. The van der Waals surface area contributed by atoms with E-state index >= 15 is 0 Å². The van der Waals surface area contributed by atoms with E-state index in [4.69, 9.17) is 17.6 Å². The Hall–Kier alpha value is -1.33. The summed E-state index contributed by atoms with van der Waals surface area (Å²) in [5.74, 6) is 0.625. The quantitative estimate of drug-likeness (QED) is 0.521. The summed E-state index contributed by atoms with van der Waals surface area (Å²) >= 11 is 7.05. The van der Waals surface area contributed by atoms with Crippen molar-refractivity contribution in [2.75, 3.05) is 0 Å². The summed E-state index contributed by atoms with van der Waals surface area (Å²) < 4.78 is 1.02. The van der Waals surface area contributed by atoms with E-state index in [9.17, 15) is 0 Å². The zero-order valence-electron chi connectivity index (χ0n) is 12.8. The van der Waals surface area contributed by atoms with E-state index in [1.807, 2.05) is 0 Å². The van der Waals surface area contributed by atoms with Crippen molar-refractivity contribution in [1.82, 2.24) is 15.0 Å². The fourth-order valence-corrected chi connectivity index (χ4v) is 4.80. The maximum absolute atomic E-state index is 5.38. The molecule has 0 spiro atoms. The Bertz CT molecular complexity index is 867. The van der Waals surface area contributed by atoms with Gasteiger partial charge >= 0.3 is 0 Å². The molecule has 1 aliphatic rings. The van der Waals surface area contributed by atoms with Gasteiger partial charge < -0.3 is 12.6 Å². The van der Waals surface area contributed by atoms with Crippen molar-refractivity contribution in [1.29, 1.82) is 0 Å². The average Bonchev–Trinajstić information content (AvgIpc) is 2.87. The van der Waals surface area contributed by atoms with Gasteiger partial charge in [0.2, 0.25) is 0 Å². The molecule has 5 heteroatoms. The van der Waals surface area contributed by atoms with E-state index in [1.165, 1.54) is 35.0 Å². The van der Waals surface area contributed by atoms with Crippen LogP contribution in [0.5, 0.6) is 0 Å². The van der Waals surface area contributed by atoms with Gasteiger partial charge in [-0.3, -0.25) is 4.98 Å². The van der Waals surface area contributed by atoms with Crippen LogP contribution in [-0.2, 0) is 31.9 Å². The van der Waals surface area contributed by atoms with Crippen molar-refractivity contribution in [3.05, 3.63) is 23.1 Å². The van der Waals surface area contributed by atoms with Crippen LogP contribution in [0.2, 0.25) is 0 Å². The zero-order chi connectivity index (χ0) is 15.3. The van der Waals surface area contributed by atoms with Crippen molar-refractivity contribution in [3.63, 3.8) is 0 Å². The zero-order valence-corrected chi connectivity index (χ0v) is 14.5. The number of aryl methyl sites for hydroxylation is 1. The van der Waals surface area contributed by atoms with Gasteiger partial charge in [-0.15, -0.1) is 11.3 Å². The molecule has 4 rings (SSSR count). The van der Waals surface area contributed by atoms with E-state index in [2.05, 4.69) is 23.8 Å². The van der Waals surface area contributed by atoms with Crippen molar-refractivity contribution in [2.24, 2.45) is 5.92 Å². The van der Waals surface area contributed by atoms with Crippen molar-refractivity contribution >= 4 is 44.4 Å². The van der Waals surface area contributed by atoms with E-state index < -0.39 is 0 Å². The molecule has 3 nitrogen and oxygen atoms in total. The summed E-state index contributed by atoms with van der Waals surface area (Å²) in [5.41, 5.74) is 5.27. The van der Waals surface area contributed by atoms with Gasteiger partial charge in [0.25, 0.3) is 0 Å². The number of rotatable bonds is 2. The number of fused-ring (bicyclic) bond motifs is 5. The highest BCUT2D eigenvalue weighted by Crippen LogP contribution is 2.39. The Kier molecular flexibility index (Phi) is 3.50. The van der Waals surface area contributed by atoms with Crippen molar-refractivity contribution < 1.29 is 0 Å². The third kappa shape index (κ3) is 2.18. The number of aromatic nitrogens is 3. The van der Waals surface area contributed by atoms with Gasteiger partial charge in [0, 0.05) is 11.1 Å². The molecular weight excluding hydrogens is 310 g/mol. The highest BCUT2D eigenvalue weighted by Gasteiger charge is 2.22. The number of nitrogens with zero attached hydrogens (tertiary/aromatic N) is 3. The fraction of sp³-hybridized carbons (Fsp3) is 0.471. The number of hydrogen-bond acceptors (Lipinski definition) is 5. The molecule has 0 amide bonds. The molecule has 0 saturated heterocycles. The fourth-order valence-electron chi connectivity index (χ4n) is 3.47. The van der Waals surface area contributed by atoms with Crippen LogP contribution >= 0.6 is 11.3 Å². The van der Waals surface area contributed by atoms with E-state index in [1.54, 1.807) is 17.7 Å². The van der Waals surface area contributed by atoms with Crippen LogP contribution in [0.3, 0.4) is 0 Å². The molecule has 0 bridgehead atoms. The minimum Gasteiger partial charge on any atom is -0.759 e. The monoisotopic (exact) mass is 328 g/mol. The minimum absolute atomic E-state index is 0.625. The standard InChI is InChI=1S/C17H19N3S2/c1-9(2)7-12-10-5-3-4-6-11(10)13-14-15(22-17(13)20-12)16(21)19-8-18-14/h8-9H,3-7H2,1-2H3,(H,18,19,21)/p-1. The summed E-state index contributed by atoms with van der Waals surface area (Å²) in [6.07, 6.45) is 7.48. The average molecular weight is 328 g/mol. The number of hydrogen-bond donors (Lipinski definition) is 0. The molecule has 1 aliphatic carbocycles. The first kappa shape index (κ1) is 14.3. The van der Waals surface area contributed by atoms with Crippen LogP contribution in [0.4, 0.5) is 0 Å². The Morgan fingerprint density at radius 3 is 2.73 bits per heavy atom. The van der Waals surface area contributed by atoms with E-state index in [0.29, 0.717) is 10.9 Å². The van der Waals surface area contributed by atoms with E-state index in [-0.39, 0.29) is 0 Å². The lowest BCUT2D eigenvalue weighted by atomic mass is 9.87. The molecule has 114 valence electrons. The molecule has 3 aromatic heterocycles. The molecule has 0 saturated carbocycles. The molecule has 0 atom stereocenters. The second-order valence-corrected chi connectivity index (χ2v) is 7.85. The SMILES string of the molecule is CC(C)Cc1nc2sc3c([S-])ncnc3c2c2c1CCCC2. The summed E-state index contributed by atoms with van der Waals surface area (Å²) in [7, 11) is 0. The topological polar surface area (TPSA) is 38.7 Å². The molecule has 0 radical (unpaired) electrons. The van der Waals surface area contributed by atoms with Gasteiger partial charge in [0.05, 0.1) is 10.2 Å². The van der Waals surface area contributed by atoms with Crippen LogP contribution in [-0.4, -0.2) is 15.0 Å². The van der Waals surface area contributed by atoms with Crippen LogP contribution < -0.4 is 0 Å². The lowest BCUT2D eigenvalue weighted by Gasteiger charge is -2.20. The van der Waals surface area contributed by atoms with Crippen molar-refractivity contribution in [3.8, 4) is 0 Å². The number of pyridine rings is 1. The first-order valence-corrected chi connectivity index (χ1v) is 9.12. The van der Waals surface area contributed by atoms with Crippen LogP contribution in [0, 0.1) is 5.92 Å². The Labute approximate surface area is 139 Å². The van der Waals surface area contributed by atoms with Gasteiger partial charge in [-0.25, -0.2) is 9.97 Å². The van der Waals surface area contributed by atoms with E-state index in [0.717, 1.165) is 34.3 Å². The third-order valence-corrected chi connectivity index (χ3v) is 5.89. The molecule has 0 unspecified atom stereocenters. The molecule has 0 aromatic carbocycles. The number of thiophene rings is 1. The maximum atomic E-state index is 5.38. The largest absolute Gasteiger partial charge is 0.759 e. The van der Waals surface area contributed by atoms with Crippen LogP contribution in [0.1, 0.15) is 43.5 Å². The van der Waals surface area contributed by atoms with Gasteiger partial charge in [-0.05, 0) is 49.1 Å². The molecule has 3 aromatic rings. The normalized spacial score (nSPS) is 14.9. The Morgan fingerprint density at radius 2 is 1.95 bits per heavy atom. The van der Waals surface area contributed by atoms with Gasteiger partial charge in [-0.2, -0.15) is 0 Å². The second-order valence-electron chi connectivity index (χ2n) is 6.46. The highest BCUT2D eigenvalue weighted by molar-refractivity contribution is 7.59. The molecule has 22 heavy (non-hydrogen) atoms. The lowest BCUT2D eigenvalue weighted by Crippen LogP contribution is -2.11. The molecule has 0 aliphatic heterocycles. The Morgan fingerprint density at radius 1 is 1.18 bits per heavy atom. The molecule has 0 fully saturated rings. The van der Waals surface area contributed by atoms with Gasteiger partial charge in [-0.1, -0.05) is 18.9 Å².